The molecule has 1 aliphatic heterocycles. The highest BCUT2D eigenvalue weighted by Gasteiger charge is 2.16. The highest BCUT2D eigenvalue weighted by Crippen LogP contribution is 2.30. The first-order valence-corrected chi connectivity index (χ1v) is 11.2. The molecule has 7 heteroatoms. The molecule has 0 saturated carbocycles. The molecule has 0 bridgehead atoms. The molecule has 2 atom stereocenters. The van der Waals surface area contributed by atoms with Crippen molar-refractivity contribution in [1.82, 2.24) is 10.6 Å². The van der Waals surface area contributed by atoms with Crippen LogP contribution in [0.4, 0.5) is 0 Å². The van der Waals surface area contributed by atoms with Crippen LogP contribution < -0.4 is 20.1 Å². The molecular formula is C24H35N3O4. The Morgan fingerprint density at radius 2 is 2.03 bits per heavy atom. The van der Waals surface area contributed by atoms with Gasteiger partial charge in [-0.3, -0.25) is 4.99 Å². The number of nitrogens with one attached hydrogen (secondary N) is 2. The lowest BCUT2D eigenvalue weighted by molar-refractivity contribution is 0.187. The number of hydrogen-bond acceptors (Lipinski definition) is 5. The molecule has 31 heavy (non-hydrogen) atoms. The molecule has 2 aromatic rings. The molecule has 0 radical (unpaired) electrons. The zero-order valence-electron chi connectivity index (χ0n) is 18.9. The number of rotatable bonds is 11. The fourth-order valence-corrected chi connectivity index (χ4v) is 3.48. The lowest BCUT2D eigenvalue weighted by Gasteiger charge is -2.20. The first-order chi connectivity index (χ1) is 15.2. The smallest absolute Gasteiger partial charge is 0.191 e. The molecule has 2 heterocycles. The average Bonchev–Trinajstić information content (AvgIpc) is 3.47. The van der Waals surface area contributed by atoms with E-state index in [1.807, 2.05) is 38.1 Å². The second-order valence-corrected chi connectivity index (χ2v) is 7.61. The Balaban J connectivity index is 1.66. The van der Waals surface area contributed by atoms with Crippen molar-refractivity contribution in [3.8, 4) is 11.5 Å². The number of aliphatic imine (C=N–C) groups is 1. The zero-order valence-corrected chi connectivity index (χ0v) is 18.9. The van der Waals surface area contributed by atoms with E-state index >= 15 is 0 Å². The largest absolute Gasteiger partial charge is 0.490 e. The predicted octanol–water partition coefficient (Wildman–Crippen LogP) is 3.95. The number of hydrogen-bond donors (Lipinski definition) is 2. The molecule has 1 saturated heterocycles. The molecule has 0 spiro atoms. The first kappa shape index (κ1) is 23.0. The molecule has 2 unspecified atom stereocenters. The summed E-state index contributed by atoms with van der Waals surface area (Å²) in [6, 6.07) is 10.0. The molecule has 2 N–H and O–H groups in total. The van der Waals surface area contributed by atoms with Crippen molar-refractivity contribution in [2.24, 2.45) is 10.9 Å². The van der Waals surface area contributed by atoms with Crippen molar-refractivity contribution in [3.63, 3.8) is 0 Å². The van der Waals surface area contributed by atoms with E-state index in [1.54, 1.807) is 6.26 Å². The monoisotopic (exact) mass is 429 g/mol. The van der Waals surface area contributed by atoms with Gasteiger partial charge >= 0.3 is 0 Å². The summed E-state index contributed by atoms with van der Waals surface area (Å²) in [5, 5.41) is 6.97. The second-order valence-electron chi connectivity index (χ2n) is 7.61. The van der Waals surface area contributed by atoms with E-state index in [4.69, 9.17) is 23.6 Å². The molecule has 7 nitrogen and oxygen atoms in total. The van der Waals surface area contributed by atoms with Crippen LogP contribution in [0.1, 0.15) is 44.6 Å². The van der Waals surface area contributed by atoms with E-state index < -0.39 is 0 Å². The Kier molecular flexibility index (Phi) is 9.09. The van der Waals surface area contributed by atoms with Crippen LogP contribution in [0.3, 0.4) is 0 Å². The Bertz CT molecular complexity index is 801. The minimum atomic E-state index is 0.0459. The maximum atomic E-state index is 5.78. The van der Waals surface area contributed by atoms with Crippen molar-refractivity contribution in [2.75, 3.05) is 39.5 Å². The maximum absolute atomic E-state index is 5.78. The van der Waals surface area contributed by atoms with Crippen molar-refractivity contribution < 1.29 is 18.6 Å². The minimum Gasteiger partial charge on any atom is -0.490 e. The van der Waals surface area contributed by atoms with Gasteiger partial charge in [-0.25, -0.2) is 0 Å². The van der Waals surface area contributed by atoms with Gasteiger partial charge in [0.15, 0.2) is 17.5 Å². The summed E-state index contributed by atoms with van der Waals surface area (Å²) in [7, 11) is 0. The third-order valence-corrected chi connectivity index (χ3v) is 5.20. The molecule has 3 rings (SSSR count). The normalized spacial score (nSPS) is 17.4. The number of furan rings is 1. The third kappa shape index (κ3) is 7.21. The summed E-state index contributed by atoms with van der Waals surface area (Å²) in [5.74, 6) is 3.76. The number of nitrogens with zero attached hydrogens (tertiary/aromatic N) is 1. The molecule has 1 aromatic heterocycles. The van der Waals surface area contributed by atoms with Crippen LogP contribution >= 0.6 is 0 Å². The molecule has 0 aliphatic carbocycles. The van der Waals surface area contributed by atoms with Gasteiger partial charge in [-0.15, -0.1) is 0 Å². The molecule has 1 aromatic carbocycles. The lowest BCUT2D eigenvalue weighted by Crippen LogP contribution is -2.40. The van der Waals surface area contributed by atoms with E-state index in [0.29, 0.717) is 19.1 Å². The molecule has 1 aliphatic rings. The van der Waals surface area contributed by atoms with Crippen LogP contribution in [0, 0.1) is 5.92 Å². The highest BCUT2D eigenvalue weighted by atomic mass is 16.5. The summed E-state index contributed by atoms with van der Waals surface area (Å²) < 4.78 is 22.4. The fourth-order valence-electron chi connectivity index (χ4n) is 3.48. The summed E-state index contributed by atoms with van der Waals surface area (Å²) in [4.78, 5) is 4.82. The number of guanidine groups is 1. The highest BCUT2D eigenvalue weighted by molar-refractivity contribution is 5.80. The quantitative estimate of drug-likeness (QED) is 0.416. The van der Waals surface area contributed by atoms with Crippen LogP contribution in [0.15, 0.2) is 46.0 Å². The molecular weight excluding hydrogens is 394 g/mol. The van der Waals surface area contributed by atoms with E-state index in [0.717, 1.165) is 67.9 Å². The molecule has 0 amide bonds. The Labute approximate surface area is 185 Å². The SMILES string of the molecule is CCOc1ccc(C(C)NC(=NCC2CCOC2)NCCc2ccco2)cc1OCC. The van der Waals surface area contributed by atoms with Crippen molar-refractivity contribution in [1.29, 1.82) is 0 Å². The van der Waals surface area contributed by atoms with Crippen LogP contribution in [-0.2, 0) is 11.2 Å². The van der Waals surface area contributed by atoms with E-state index in [-0.39, 0.29) is 6.04 Å². The van der Waals surface area contributed by atoms with Gasteiger partial charge in [0, 0.05) is 32.0 Å². The van der Waals surface area contributed by atoms with Crippen LogP contribution in [0.5, 0.6) is 11.5 Å². The van der Waals surface area contributed by atoms with Crippen LogP contribution in [0.25, 0.3) is 0 Å². The summed E-state index contributed by atoms with van der Waals surface area (Å²) in [6.45, 7) is 10.4. The van der Waals surface area contributed by atoms with Gasteiger partial charge in [0.2, 0.25) is 0 Å². The third-order valence-electron chi connectivity index (χ3n) is 5.20. The number of ether oxygens (including phenoxy) is 3. The van der Waals surface area contributed by atoms with Crippen LogP contribution in [0.2, 0.25) is 0 Å². The lowest BCUT2D eigenvalue weighted by atomic mass is 10.1. The Morgan fingerprint density at radius 3 is 2.74 bits per heavy atom. The predicted molar refractivity (Wildman–Crippen MR) is 122 cm³/mol. The van der Waals surface area contributed by atoms with Gasteiger partial charge in [0.1, 0.15) is 5.76 Å². The summed E-state index contributed by atoms with van der Waals surface area (Å²) in [6.07, 6.45) is 3.56. The minimum absolute atomic E-state index is 0.0459. The van der Waals surface area contributed by atoms with Gasteiger partial charge in [0.25, 0.3) is 0 Å². The fraction of sp³-hybridized carbons (Fsp3) is 0.542. The summed E-state index contributed by atoms with van der Waals surface area (Å²) in [5.41, 5.74) is 1.11. The maximum Gasteiger partial charge on any atom is 0.191 e. The van der Waals surface area contributed by atoms with Crippen molar-refractivity contribution in [2.45, 2.75) is 39.7 Å². The van der Waals surface area contributed by atoms with Crippen molar-refractivity contribution >= 4 is 5.96 Å². The van der Waals surface area contributed by atoms with Gasteiger partial charge in [-0.2, -0.15) is 0 Å². The summed E-state index contributed by atoms with van der Waals surface area (Å²) >= 11 is 0. The number of benzene rings is 1. The average molecular weight is 430 g/mol. The Hall–Kier alpha value is -2.67. The van der Waals surface area contributed by atoms with Gasteiger partial charge in [-0.05, 0) is 57.0 Å². The van der Waals surface area contributed by atoms with Crippen LogP contribution in [-0.4, -0.2) is 45.5 Å². The zero-order chi connectivity index (χ0) is 21.9. The van der Waals surface area contributed by atoms with Gasteiger partial charge < -0.3 is 29.3 Å². The van der Waals surface area contributed by atoms with Crippen molar-refractivity contribution in [3.05, 3.63) is 47.9 Å². The van der Waals surface area contributed by atoms with Gasteiger partial charge in [0.05, 0.1) is 32.1 Å². The van der Waals surface area contributed by atoms with E-state index in [9.17, 15) is 0 Å². The first-order valence-electron chi connectivity index (χ1n) is 11.2. The molecule has 1 fully saturated rings. The van der Waals surface area contributed by atoms with Gasteiger partial charge in [-0.1, -0.05) is 6.07 Å². The van der Waals surface area contributed by atoms with E-state index in [1.165, 1.54) is 0 Å². The second kappa shape index (κ2) is 12.2. The topological polar surface area (TPSA) is 77.2 Å². The van der Waals surface area contributed by atoms with E-state index in [2.05, 4.69) is 23.6 Å². The Morgan fingerprint density at radius 1 is 1.19 bits per heavy atom. The molecule has 170 valence electrons. The standard InChI is InChI=1S/C24H35N3O4/c1-4-29-22-9-8-20(15-23(22)30-5-2)18(3)27-24(26-16-19-11-14-28-17-19)25-12-10-21-7-6-13-31-21/h6-9,13,15,18-19H,4-5,10-12,14,16-17H2,1-3H3,(H2,25,26,27).